The summed E-state index contributed by atoms with van der Waals surface area (Å²) in [5.74, 6) is 2.61. The second kappa shape index (κ2) is 10.5. The zero-order chi connectivity index (χ0) is 31.6. The van der Waals surface area contributed by atoms with E-state index in [2.05, 4.69) is 16.0 Å². The van der Waals surface area contributed by atoms with Crippen molar-refractivity contribution in [3.63, 3.8) is 0 Å². The third kappa shape index (κ3) is 4.51. The van der Waals surface area contributed by atoms with Crippen LogP contribution in [0.1, 0.15) is 5.56 Å². The number of nitrogens with one attached hydrogen (secondary N) is 2. The summed E-state index contributed by atoms with van der Waals surface area (Å²) < 4.78 is 5.79. The predicted molar refractivity (Wildman–Crippen MR) is 179 cm³/mol. The lowest BCUT2D eigenvalue weighted by molar-refractivity contribution is 0.0536. The molecular formula is C36H26N8O3. The Morgan fingerprint density at radius 2 is 1.09 bits per heavy atom. The van der Waals surface area contributed by atoms with Crippen molar-refractivity contribution >= 4 is 44.1 Å². The number of aromatic nitrogens is 8. The molecule has 0 amide bonds. The maximum absolute atomic E-state index is 9.87. The second-order valence-electron chi connectivity index (χ2n) is 11.6. The summed E-state index contributed by atoms with van der Waals surface area (Å²) in [6, 6.07) is 27.5. The van der Waals surface area contributed by atoms with Crippen LogP contribution in [-0.2, 0) is 0 Å². The normalized spacial score (nSPS) is 12.7. The maximum atomic E-state index is 9.87. The molecule has 2 aliphatic rings. The van der Waals surface area contributed by atoms with Crippen molar-refractivity contribution in [1.29, 1.82) is 0 Å². The first kappa shape index (κ1) is 27.3. The minimum atomic E-state index is -0.996. The number of hydrogen-bond donors (Lipinski definition) is 4. The molecule has 11 heteroatoms. The fourth-order valence-corrected chi connectivity index (χ4v) is 6.12. The van der Waals surface area contributed by atoms with Crippen LogP contribution >= 0.6 is 0 Å². The van der Waals surface area contributed by atoms with Gasteiger partial charge in [0, 0.05) is 43.8 Å². The van der Waals surface area contributed by atoms with Crippen LogP contribution < -0.4 is 4.74 Å². The van der Waals surface area contributed by atoms with Gasteiger partial charge >= 0.3 is 0 Å². The molecule has 2 aliphatic heterocycles. The molecule has 1 unspecified atom stereocenters. The first-order valence-electron chi connectivity index (χ1n) is 15.2. The lowest BCUT2D eigenvalue weighted by atomic mass is 10.1. The van der Waals surface area contributed by atoms with Gasteiger partial charge in [-0.1, -0.05) is 66.2 Å². The zero-order valence-electron chi connectivity index (χ0n) is 25.1. The summed E-state index contributed by atoms with van der Waals surface area (Å²) >= 11 is 0. The number of rotatable bonds is 4. The van der Waals surface area contributed by atoms with Crippen molar-refractivity contribution in [2.75, 3.05) is 13.2 Å². The third-order valence-corrected chi connectivity index (χ3v) is 8.43. The molecule has 0 spiro atoms. The van der Waals surface area contributed by atoms with Crippen molar-refractivity contribution in [2.24, 2.45) is 0 Å². The number of aliphatic hydroxyl groups excluding tert-OH is 2. The molecule has 228 valence electrons. The zero-order valence-corrected chi connectivity index (χ0v) is 25.1. The lowest BCUT2D eigenvalue weighted by Crippen LogP contribution is -2.21. The Labute approximate surface area is 266 Å². The van der Waals surface area contributed by atoms with Crippen LogP contribution in [0, 0.1) is 6.92 Å². The number of fused-ring (bicyclic) bond motifs is 20. The molecule has 4 aromatic carbocycles. The number of ether oxygens (including phenoxy) is 1. The standard InChI is InChI=1S/C36H26N8O3/c1-18-10-12-25-27(14-18)35-41-32-24-9-5-4-8-23(24)30(39-32)37-29-21-6-2-3-7-22(21)31(38-29)40-34-26-13-11-20(47-17-19(46)16-45)15-28(26)36(44-34)43-33(25)42-35/h2-15,19,45-46H,16-17H2,1H3,(H2,37,38,39,40,41,42,43,44). The van der Waals surface area contributed by atoms with Crippen molar-refractivity contribution in [3.8, 4) is 51.3 Å². The number of hydrogen-bond acceptors (Lipinski definition) is 9. The molecule has 11 nitrogen and oxygen atoms in total. The SMILES string of the molecule is Cc1ccc2c(c1)-c1nc-2nc2[nH]c(nc3nc(nc4[nH]c(n1)c1ccccc41)-c1ccccc1-3)c1ccc(OCC(O)CO)cc21. The summed E-state index contributed by atoms with van der Waals surface area (Å²) in [6.07, 6.45) is -0.996. The van der Waals surface area contributed by atoms with Crippen molar-refractivity contribution in [3.05, 3.63) is 90.5 Å². The number of nitrogens with zero attached hydrogens (tertiary/aromatic N) is 6. The van der Waals surface area contributed by atoms with Gasteiger partial charge in [-0.25, -0.2) is 29.9 Å². The van der Waals surface area contributed by atoms with Crippen molar-refractivity contribution < 1.29 is 14.9 Å². The molecule has 1 atom stereocenters. The van der Waals surface area contributed by atoms with E-state index >= 15 is 0 Å². The molecule has 9 rings (SSSR count). The minimum absolute atomic E-state index is 0.0555. The van der Waals surface area contributed by atoms with Gasteiger partial charge in [-0.05, 0) is 31.2 Å². The number of aryl methyl sites for hydroxylation is 1. The maximum Gasteiger partial charge on any atom is 0.164 e. The lowest BCUT2D eigenvalue weighted by Gasteiger charge is -2.09. The van der Waals surface area contributed by atoms with E-state index in [0.717, 1.165) is 49.4 Å². The minimum Gasteiger partial charge on any atom is -0.491 e. The Morgan fingerprint density at radius 1 is 0.574 bits per heavy atom. The molecule has 5 heterocycles. The smallest absolute Gasteiger partial charge is 0.164 e. The predicted octanol–water partition coefficient (Wildman–Crippen LogP) is 5.91. The van der Waals surface area contributed by atoms with E-state index in [4.69, 9.17) is 34.6 Å². The molecule has 0 saturated carbocycles. The summed E-state index contributed by atoms with van der Waals surface area (Å²) in [4.78, 5) is 36.9. The largest absolute Gasteiger partial charge is 0.491 e. The average Bonchev–Trinajstić information content (AvgIpc) is 3.82. The van der Waals surface area contributed by atoms with Crippen LogP contribution in [-0.4, -0.2) is 69.4 Å². The van der Waals surface area contributed by atoms with Gasteiger partial charge in [-0.15, -0.1) is 0 Å². The monoisotopic (exact) mass is 618 g/mol. The van der Waals surface area contributed by atoms with Crippen LogP contribution in [0.15, 0.2) is 84.9 Å². The highest BCUT2D eigenvalue weighted by Crippen LogP contribution is 2.37. The van der Waals surface area contributed by atoms with Crippen LogP contribution in [0.2, 0.25) is 0 Å². The number of H-pyrrole nitrogens is 2. The van der Waals surface area contributed by atoms with E-state index in [1.165, 1.54) is 0 Å². The van der Waals surface area contributed by atoms with Gasteiger partial charge in [0.25, 0.3) is 0 Å². The van der Waals surface area contributed by atoms with Crippen LogP contribution in [0.4, 0.5) is 0 Å². The van der Waals surface area contributed by atoms with Crippen molar-refractivity contribution in [2.45, 2.75) is 13.0 Å². The van der Waals surface area contributed by atoms with E-state index < -0.39 is 12.7 Å². The highest BCUT2D eigenvalue weighted by molar-refractivity contribution is 6.06. The van der Waals surface area contributed by atoms with E-state index in [1.807, 2.05) is 79.7 Å². The van der Waals surface area contributed by atoms with Crippen LogP contribution in [0.3, 0.4) is 0 Å². The first-order chi connectivity index (χ1) is 23.0. The Bertz CT molecular complexity index is 2570. The highest BCUT2D eigenvalue weighted by atomic mass is 16.5. The second-order valence-corrected chi connectivity index (χ2v) is 11.6. The summed E-state index contributed by atoms with van der Waals surface area (Å²) in [5.41, 5.74) is 6.91. The topological polar surface area (TPSA) is 159 Å². The number of aliphatic hydroxyl groups is 2. The van der Waals surface area contributed by atoms with E-state index in [0.29, 0.717) is 51.6 Å². The molecular weight excluding hydrogens is 592 g/mol. The molecule has 0 aliphatic carbocycles. The van der Waals surface area contributed by atoms with Gasteiger partial charge in [0.1, 0.15) is 41.0 Å². The summed E-state index contributed by atoms with van der Waals surface area (Å²) in [6.45, 7) is 1.59. The van der Waals surface area contributed by atoms with Gasteiger partial charge in [0.2, 0.25) is 0 Å². The number of aromatic amines is 2. The Hall–Kier alpha value is -6.04. The summed E-state index contributed by atoms with van der Waals surface area (Å²) in [7, 11) is 0. The summed E-state index contributed by atoms with van der Waals surface area (Å²) in [5, 5.41) is 22.5. The molecule has 47 heavy (non-hydrogen) atoms. The van der Waals surface area contributed by atoms with E-state index in [-0.39, 0.29) is 6.61 Å². The highest BCUT2D eigenvalue weighted by Gasteiger charge is 2.22. The fraction of sp³-hybridized carbons (Fsp3) is 0.111. The quantitative estimate of drug-likeness (QED) is 0.188. The van der Waals surface area contributed by atoms with E-state index in [9.17, 15) is 10.2 Å². The molecule has 0 saturated heterocycles. The fourth-order valence-electron chi connectivity index (χ4n) is 6.12. The molecule has 7 aromatic rings. The van der Waals surface area contributed by atoms with Gasteiger partial charge in [0.05, 0.1) is 6.61 Å². The molecule has 4 N–H and O–H groups in total. The van der Waals surface area contributed by atoms with Gasteiger partial charge < -0.3 is 24.9 Å². The molecule has 0 fully saturated rings. The first-order valence-corrected chi connectivity index (χ1v) is 15.2. The Morgan fingerprint density at radius 3 is 1.68 bits per heavy atom. The van der Waals surface area contributed by atoms with Crippen LogP contribution in [0.25, 0.3) is 89.7 Å². The third-order valence-electron chi connectivity index (χ3n) is 8.43. The van der Waals surface area contributed by atoms with Gasteiger partial charge in [-0.2, -0.15) is 0 Å². The molecule has 8 bridgehead atoms. The van der Waals surface area contributed by atoms with E-state index in [1.54, 1.807) is 6.07 Å². The number of benzene rings is 4. The Balaban J connectivity index is 1.42. The molecule has 0 radical (unpaired) electrons. The van der Waals surface area contributed by atoms with Gasteiger partial charge in [0.15, 0.2) is 23.3 Å². The van der Waals surface area contributed by atoms with Gasteiger partial charge in [-0.3, -0.25) is 0 Å². The molecule has 3 aromatic heterocycles. The van der Waals surface area contributed by atoms with Crippen LogP contribution in [0.5, 0.6) is 5.75 Å². The average molecular weight is 619 g/mol. The van der Waals surface area contributed by atoms with Crippen molar-refractivity contribution in [1.82, 2.24) is 39.9 Å². The Kier molecular flexibility index (Phi) is 6.10.